The van der Waals surface area contributed by atoms with Crippen molar-refractivity contribution in [2.75, 3.05) is 5.32 Å². The molecule has 4 heteroatoms. The molecule has 0 bridgehead atoms. The molecule has 1 fully saturated rings. The summed E-state index contributed by atoms with van der Waals surface area (Å²) in [4.78, 5) is 12.3. The molecule has 1 amide bonds. The van der Waals surface area contributed by atoms with E-state index >= 15 is 0 Å². The van der Waals surface area contributed by atoms with Gasteiger partial charge in [0.15, 0.2) is 0 Å². The molecule has 2 aromatic rings. The minimum Gasteiger partial charge on any atom is -0.340 e. The molecule has 1 aliphatic rings. The van der Waals surface area contributed by atoms with Crippen LogP contribution in [0.2, 0.25) is 0 Å². The van der Waals surface area contributed by atoms with Crippen molar-refractivity contribution in [3.8, 4) is 0 Å². The summed E-state index contributed by atoms with van der Waals surface area (Å²) >= 11 is 3.48. The lowest BCUT2D eigenvalue weighted by Gasteiger charge is -2.11. The topological polar surface area (TPSA) is 34.0 Å². The summed E-state index contributed by atoms with van der Waals surface area (Å²) in [6, 6.07) is 10.1. The third kappa shape index (κ3) is 2.45. The number of hydrogen-bond acceptors (Lipinski definition) is 1. The van der Waals surface area contributed by atoms with Crippen LogP contribution in [0.3, 0.4) is 0 Å². The van der Waals surface area contributed by atoms with Gasteiger partial charge < -0.3 is 9.88 Å². The second-order valence-corrected chi connectivity index (χ2v) is 5.75. The van der Waals surface area contributed by atoms with E-state index in [0.717, 1.165) is 21.4 Å². The Kier molecular flexibility index (Phi) is 3.19. The Morgan fingerprint density at radius 2 is 2.11 bits per heavy atom. The fourth-order valence-electron chi connectivity index (χ4n) is 2.19. The van der Waals surface area contributed by atoms with Crippen LogP contribution >= 0.6 is 15.9 Å². The van der Waals surface area contributed by atoms with E-state index in [2.05, 4.69) is 25.8 Å². The van der Waals surface area contributed by atoms with Crippen LogP contribution in [0, 0.1) is 6.92 Å². The quantitative estimate of drug-likeness (QED) is 0.906. The molecule has 1 aromatic heterocycles. The third-order valence-electron chi connectivity index (χ3n) is 3.47. The Balaban J connectivity index is 1.84. The molecule has 1 saturated carbocycles. The van der Waals surface area contributed by atoms with Crippen molar-refractivity contribution in [2.45, 2.75) is 25.8 Å². The van der Waals surface area contributed by atoms with Gasteiger partial charge in [0.2, 0.25) is 0 Å². The maximum absolute atomic E-state index is 12.3. The second kappa shape index (κ2) is 4.85. The fourth-order valence-corrected chi connectivity index (χ4v) is 2.55. The summed E-state index contributed by atoms with van der Waals surface area (Å²) in [7, 11) is 0. The number of benzene rings is 1. The van der Waals surface area contributed by atoms with Crippen LogP contribution < -0.4 is 5.32 Å². The molecule has 0 saturated heterocycles. The van der Waals surface area contributed by atoms with Gasteiger partial charge in [-0.3, -0.25) is 4.79 Å². The van der Waals surface area contributed by atoms with E-state index in [0.29, 0.717) is 6.04 Å². The zero-order chi connectivity index (χ0) is 13.4. The molecule has 3 nitrogen and oxygen atoms in total. The molecule has 0 aliphatic heterocycles. The lowest BCUT2D eigenvalue weighted by atomic mass is 10.2. The Bertz CT molecular complexity index is 629. The van der Waals surface area contributed by atoms with Gasteiger partial charge in [-0.05, 0) is 49.6 Å². The molecular formula is C15H15BrN2O. The van der Waals surface area contributed by atoms with Gasteiger partial charge in [0.25, 0.3) is 5.91 Å². The number of halogens is 1. The number of carbonyl (C=O) groups is 1. The highest BCUT2D eigenvalue weighted by atomic mass is 79.9. The van der Waals surface area contributed by atoms with Crippen LogP contribution in [-0.2, 0) is 0 Å². The van der Waals surface area contributed by atoms with Crippen molar-refractivity contribution < 1.29 is 4.79 Å². The standard InChI is InChI=1S/C15H15BrN2O/c1-10-12(16)4-2-5-13(10)17-15(19)14-6-3-9-18(14)11-7-8-11/h2-6,9,11H,7-8H2,1H3,(H,17,19). The average Bonchev–Trinajstić information content (AvgIpc) is 3.12. The van der Waals surface area contributed by atoms with Crippen molar-refractivity contribution in [2.24, 2.45) is 0 Å². The van der Waals surface area contributed by atoms with E-state index in [4.69, 9.17) is 0 Å². The summed E-state index contributed by atoms with van der Waals surface area (Å²) < 4.78 is 3.07. The number of nitrogens with zero attached hydrogens (tertiary/aromatic N) is 1. The van der Waals surface area contributed by atoms with Gasteiger partial charge in [0, 0.05) is 22.4 Å². The molecule has 0 spiro atoms. The fraction of sp³-hybridized carbons (Fsp3) is 0.267. The zero-order valence-corrected chi connectivity index (χ0v) is 12.3. The molecular weight excluding hydrogens is 304 g/mol. The number of aromatic nitrogens is 1. The molecule has 3 rings (SSSR count). The van der Waals surface area contributed by atoms with Crippen LogP contribution in [0.25, 0.3) is 0 Å². The highest BCUT2D eigenvalue weighted by Crippen LogP contribution is 2.36. The molecule has 0 radical (unpaired) electrons. The van der Waals surface area contributed by atoms with Crippen molar-refractivity contribution in [1.29, 1.82) is 0 Å². The minimum atomic E-state index is -0.0434. The van der Waals surface area contributed by atoms with Gasteiger partial charge in [-0.1, -0.05) is 22.0 Å². The molecule has 0 unspecified atom stereocenters. The number of nitrogens with one attached hydrogen (secondary N) is 1. The van der Waals surface area contributed by atoms with Crippen LogP contribution in [0.1, 0.15) is 34.9 Å². The van der Waals surface area contributed by atoms with Gasteiger partial charge in [-0.15, -0.1) is 0 Å². The summed E-state index contributed by atoms with van der Waals surface area (Å²) in [6.45, 7) is 1.99. The van der Waals surface area contributed by atoms with Gasteiger partial charge in [-0.25, -0.2) is 0 Å². The van der Waals surface area contributed by atoms with E-state index in [1.165, 1.54) is 12.8 Å². The summed E-state index contributed by atoms with van der Waals surface area (Å²) in [5, 5.41) is 2.99. The lowest BCUT2D eigenvalue weighted by Crippen LogP contribution is -2.17. The molecule has 1 heterocycles. The van der Waals surface area contributed by atoms with Gasteiger partial charge in [-0.2, -0.15) is 0 Å². The molecule has 19 heavy (non-hydrogen) atoms. The number of anilines is 1. The van der Waals surface area contributed by atoms with Crippen LogP contribution in [-0.4, -0.2) is 10.5 Å². The lowest BCUT2D eigenvalue weighted by molar-refractivity contribution is 0.101. The van der Waals surface area contributed by atoms with Gasteiger partial charge in [0.1, 0.15) is 5.69 Å². The molecule has 1 N–H and O–H groups in total. The van der Waals surface area contributed by atoms with Crippen LogP contribution in [0.4, 0.5) is 5.69 Å². The molecule has 1 aromatic carbocycles. The normalized spacial score (nSPS) is 14.4. The largest absolute Gasteiger partial charge is 0.340 e. The van der Waals surface area contributed by atoms with E-state index in [-0.39, 0.29) is 5.91 Å². The summed E-state index contributed by atoms with van der Waals surface area (Å²) in [6.07, 6.45) is 4.33. The van der Waals surface area contributed by atoms with E-state index < -0.39 is 0 Å². The smallest absolute Gasteiger partial charge is 0.272 e. The maximum atomic E-state index is 12.3. The minimum absolute atomic E-state index is 0.0434. The summed E-state index contributed by atoms with van der Waals surface area (Å²) in [5.41, 5.74) is 2.63. The van der Waals surface area contributed by atoms with E-state index in [1.54, 1.807) is 0 Å². The van der Waals surface area contributed by atoms with Crippen molar-refractivity contribution >= 4 is 27.5 Å². The molecule has 0 atom stereocenters. The monoisotopic (exact) mass is 318 g/mol. The second-order valence-electron chi connectivity index (χ2n) is 4.90. The number of amides is 1. The first kappa shape index (κ1) is 12.5. The summed E-state index contributed by atoms with van der Waals surface area (Å²) in [5.74, 6) is -0.0434. The predicted octanol–water partition coefficient (Wildman–Crippen LogP) is 4.15. The maximum Gasteiger partial charge on any atom is 0.272 e. The van der Waals surface area contributed by atoms with E-state index in [9.17, 15) is 4.79 Å². The average molecular weight is 319 g/mol. The first-order chi connectivity index (χ1) is 9.16. The van der Waals surface area contributed by atoms with Crippen molar-refractivity contribution in [1.82, 2.24) is 4.57 Å². The predicted molar refractivity (Wildman–Crippen MR) is 79.5 cm³/mol. The highest BCUT2D eigenvalue weighted by Gasteiger charge is 2.26. The van der Waals surface area contributed by atoms with Crippen molar-refractivity contribution in [3.63, 3.8) is 0 Å². The number of hydrogen-bond donors (Lipinski definition) is 1. The molecule has 98 valence electrons. The Morgan fingerprint density at radius 3 is 2.84 bits per heavy atom. The number of rotatable bonds is 3. The Labute approximate surface area is 120 Å². The van der Waals surface area contributed by atoms with Gasteiger partial charge in [0.05, 0.1) is 0 Å². The zero-order valence-electron chi connectivity index (χ0n) is 10.7. The third-order valence-corrected chi connectivity index (χ3v) is 4.33. The van der Waals surface area contributed by atoms with Crippen LogP contribution in [0.15, 0.2) is 41.0 Å². The van der Waals surface area contributed by atoms with E-state index in [1.807, 2.05) is 43.5 Å². The molecule has 1 aliphatic carbocycles. The Hall–Kier alpha value is -1.55. The Morgan fingerprint density at radius 1 is 1.32 bits per heavy atom. The first-order valence-electron chi connectivity index (χ1n) is 6.40. The SMILES string of the molecule is Cc1c(Br)cccc1NC(=O)c1cccn1C1CC1. The highest BCUT2D eigenvalue weighted by molar-refractivity contribution is 9.10. The first-order valence-corrected chi connectivity index (χ1v) is 7.19. The van der Waals surface area contributed by atoms with Gasteiger partial charge >= 0.3 is 0 Å². The van der Waals surface area contributed by atoms with Crippen LogP contribution in [0.5, 0.6) is 0 Å². The van der Waals surface area contributed by atoms with Crippen molar-refractivity contribution in [3.05, 3.63) is 52.3 Å². The number of carbonyl (C=O) groups excluding carboxylic acids is 1.